The highest BCUT2D eigenvalue weighted by Crippen LogP contribution is 2.22. The van der Waals surface area contributed by atoms with Gasteiger partial charge in [0, 0.05) is 17.6 Å². The number of nitrogens with one attached hydrogen (secondary N) is 1. The van der Waals surface area contributed by atoms with Gasteiger partial charge in [-0.2, -0.15) is 0 Å². The molecule has 0 fully saturated rings. The number of hydrogen-bond acceptors (Lipinski definition) is 3. The summed E-state index contributed by atoms with van der Waals surface area (Å²) in [7, 11) is 0. The van der Waals surface area contributed by atoms with Crippen LogP contribution < -0.4 is 10.1 Å². The molecule has 0 aliphatic rings. The van der Waals surface area contributed by atoms with Gasteiger partial charge in [0.25, 0.3) is 5.91 Å². The van der Waals surface area contributed by atoms with Gasteiger partial charge in [-0.05, 0) is 49.1 Å². The van der Waals surface area contributed by atoms with Crippen molar-refractivity contribution in [3.8, 4) is 5.75 Å². The smallest absolute Gasteiger partial charge is 0.261 e. The van der Waals surface area contributed by atoms with Crippen LogP contribution in [0.25, 0.3) is 0 Å². The average Bonchev–Trinajstić information content (AvgIpc) is 2.75. The number of nitrogens with zero attached hydrogens (tertiary/aromatic N) is 1. The first-order chi connectivity index (χ1) is 14.5. The van der Waals surface area contributed by atoms with E-state index in [0.717, 1.165) is 28.4 Å². The Morgan fingerprint density at radius 2 is 1.87 bits per heavy atom. The van der Waals surface area contributed by atoms with Gasteiger partial charge in [-0.3, -0.25) is 9.59 Å². The van der Waals surface area contributed by atoms with Crippen LogP contribution in [0.4, 0.5) is 0 Å². The van der Waals surface area contributed by atoms with Gasteiger partial charge in [0.05, 0.1) is 0 Å². The molecule has 1 unspecified atom stereocenters. The van der Waals surface area contributed by atoms with E-state index in [2.05, 4.69) is 28.2 Å². The van der Waals surface area contributed by atoms with Crippen LogP contribution in [-0.2, 0) is 16.1 Å². The zero-order valence-electron chi connectivity index (χ0n) is 18.0. The Balaban J connectivity index is 2.14. The first-order valence-electron chi connectivity index (χ1n) is 10.5. The van der Waals surface area contributed by atoms with Crippen molar-refractivity contribution >= 4 is 27.7 Å². The van der Waals surface area contributed by atoms with Crippen molar-refractivity contribution < 1.29 is 14.3 Å². The van der Waals surface area contributed by atoms with Crippen LogP contribution in [0.1, 0.15) is 44.2 Å². The molecule has 1 atom stereocenters. The van der Waals surface area contributed by atoms with Crippen LogP contribution >= 0.6 is 15.9 Å². The molecule has 5 nitrogen and oxygen atoms in total. The number of ether oxygens (including phenoxy) is 1. The maximum atomic E-state index is 13.1. The van der Waals surface area contributed by atoms with E-state index in [1.807, 2.05) is 62.4 Å². The minimum Gasteiger partial charge on any atom is -0.484 e. The summed E-state index contributed by atoms with van der Waals surface area (Å²) < 4.78 is 6.74. The highest BCUT2D eigenvalue weighted by Gasteiger charge is 2.28. The molecular weight excluding hydrogens is 444 g/mol. The summed E-state index contributed by atoms with van der Waals surface area (Å²) in [5.41, 5.74) is 2.01. The summed E-state index contributed by atoms with van der Waals surface area (Å²) >= 11 is 3.46. The van der Waals surface area contributed by atoms with E-state index in [-0.39, 0.29) is 18.4 Å². The molecule has 30 heavy (non-hydrogen) atoms. The molecule has 6 heteroatoms. The molecule has 1 N–H and O–H groups in total. The van der Waals surface area contributed by atoms with E-state index in [9.17, 15) is 9.59 Å². The third kappa shape index (κ3) is 7.17. The molecule has 2 aromatic rings. The fraction of sp³-hybridized carbons (Fsp3) is 0.417. The van der Waals surface area contributed by atoms with E-state index in [4.69, 9.17) is 4.74 Å². The van der Waals surface area contributed by atoms with Gasteiger partial charge in [-0.25, -0.2) is 0 Å². The van der Waals surface area contributed by atoms with Crippen molar-refractivity contribution in [1.29, 1.82) is 0 Å². The van der Waals surface area contributed by atoms with E-state index < -0.39 is 6.04 Å². The second kappa shape index (κ2) is 12.4. The van der Waals surface area contributed by atoms with Gasteiger partial charge in [0.2, 0.25) is 5.91 Å². The van der Waals surface area contributed by atoms with Crippen molar-refractivity contribution in [2.75, 3.05) is 13.2 Å². The van der Waals surface area contributed by atoms with E-state index in [1.54, 1.807) is 4.90 Å². The monoisotopic (exact) mass is 474 g/mol. The number of unbranched alkanes of at least 4 members (excludes halogenated alkanes) is 1. The van der Waals surface area contributed by atoms with Crippen LogP contribution in [-0.4, -0.2) is 35.9 Å². The zero-order valence-corrected chi connectivity index (χ0v) is 19.6. The van der Waals surface area contributed by atoms with Crippen molar-refractivity contribution in [3.63, 3.8) is 0 Å². The second-order valence-electron chi connectivity index (χ2n) is 7.28. The van der Waals surface area contributed by atoms with Crippen LogP contribution in [0.5, 0.6) is 5.75 Å². The molecule has 0 heterocycles. The molecule has 0 saturated heterocycles. The highest BCUT2D eigenvalue weighted by atomic mass is 79.9. The van der Waals surface area contributed by atoms with Crippen LogP contribution in [0, 0.1) is 6.92 Å². The molecule has 162 valence electrons. The molecule has 0 aliphatic carbocycles. The minimum atomic E-state index is -0.537. The summed E-state index contributed by atoms with van der Waals surface area (Å²) in [5, 5.41) is 2.96. The van der Waals surface area contributed by atoms with Gasteiger partial charge in [0.15, 0.2) is 6.61 Å². The van der Waals surface area contributed by atoms with E-state index in [0.29, 0.717) is 25.3 Å². The van der Waals surface area contributed by atoms with Gasteiger partial charge in [-0.1, -0.05) is 66.5 Å². The lowest BCUT2D eigenvalue weighted by Gasteiger charge is -2.30. The molecule has 0 spiro atoms. The Bertz CT molecular complexity index is 826. The molecule has 0 saturated carbocycles. The topological polar surface area (TPSA) is 58.6 Å². The normalized spacial score (nSPS) is 11.6. The maximum Gasteiger partial charge on any atom is 0.261 e. The fourth-order valence-electron chi connectivity index (χ4n) is 3.14. The zero-order chi connectivity index (χ0) is 21.9. The molecule has 0 aromatic heterocycles. The number of halogens is 1. The van der Waals surface area contributed by atoms with Gasteiger partial charge >= 0.3 is 0 Å². The van der Waals surface area contributed by atoms with Crippen LogP contribution in [0.2, 0.25) is 0 Å². The largest absolute Gasteiger partial charge is 0.484 e. The standard InChI is InChI=1S/C24H31BrN2O3/c1-4-6-14-26-24(29)22(5-2)27(16-19-10-8-7-9-11-19)23(28)17-30-20-12-13-21(25)18(3)15-20/h7-13,15,22H,4-6,14,16-17H2,1-3H3,(H,26,29). The summed E-state index contributed by atoms with van der Waals surface area (Å²) in [6.07, 6.45) is 2.46. The summed E-state index contributed by atoms with van der Waals surface area (Å²) in [6.45, 7) is 6.83. The third-order valence-electron chi connectivity index (χ3n) is 4.90. The number of carbonyl (C=O) groups excluding carboxylic acids is 2. The molecule has 0 aliphatic heterocycles. The average molecular weight is 475 g/mol. The maximum absolute atomic E-state index is 13.1. The summed E-state index contributed by atoms with van der Waals surface area (Å²) in [6, 6.07) is 14.8. The number of carbonyl (C=O) groups is 2. The lowest BCUT2D eigenvalue weighted by atomic mass is 10.1. The summed E-state index contributed by atoms with van der Waals surface area (Å²) in [4.78, 5) is 27.5. The Labute approximate surface area is 187 Å². The molecule has 2 rings (SSSR count). The van der Waals surface area contributed by atoms with Crippen molar-refractivity contribution in [3.05, 3.63) is 64.1 Å². The summed E-state index contributed by atoms with van der Waals surface area (Å²) in [5.74, 6) is 0.302. The number of benzene rings is 2. The van der Waals surface area contributed by atoms with Gasteiger partial charge in [0.1, 0.15) is 11.8 Å². The van der Waals surface area contributed by atoms with Crippen molar-refractivity contribution in [1.82, 2.24) is 10.2 Å². The first kappa shape index (κ1) is 23.9. The predicted octanol–water partition coefficient (Wildman–Crippen LogP) is 4.86. The van der Waals surface area contributed by atoms with Gasteiger partial charge < -0.3 is 15.0 Å². The van der Waals surface area contributed by atoms with Crippen LogP contribution in [0.15, 0.2) is 53.0 Å². The fourth-order valence-corrected chi connectivity index (χ4v) is 3.39. The number of amides is 2. The Morgan fingerprint density at radius 3 is 2.50 bits per heavy atom. The molecule has 0 radical (unpaired) electrons. The van der Waals surface area contributed by atoms with Crippen molar-refractivity contribution in [2.24, 2.45) is 0 Å². The first-order valence-corrected chi connectivity index (χ1v) is 11.3. The Kier molecular flexibility index (Phi) is 9.87. The highest BCUT2D eigenvalue weighted by molar-refractivity contribution is 9.10. The van der Waals surface area contributed by atoms with E-state index in [1.165, 1.54) is 0 Å². The lowest BCUT2D eigenvalue weighted by molar-refractivity contribution is -0.143. The molecule has 2 amide bonds. The SMILES string of the molecule is CCCCNC(=O)C(CC)N(Cc1ccccc1)C(=O)COc1ccc(Br)c(C)c1. The quantitative estimate of drug-likeness (QED) is 0.473. The molecule has 2 aromatic carbocycles. The number of aryl methyl sites for hydroxylation is 1. The molecule has 0 bridgehead atoms. The van der Waals surface area contributed by atoms with Gasteiger partial charge in [-0.15, -0.1) is 0 Å². The lowest BCUT2D eigenvalue weighted by Crippen LogP contribution is -2.50. The second-order valence-corrected chi connectivity index (χ2v) is 8.13. The minimum absolute atomic E-state index is 0.116. The predicted molar refractivity (Wildman–Crippen MR) is 123 cm³/mol. The van der Waals surface area contributed by atoms with Crippen LogP contribution in [0.3, 0.4) is 0 Å². The number of hydrogen-bond donors (Lipinski definition) is 1. The Hall–Kier alpha value is -2.34. The third-order valence-corrected chi connectivity index (χ3v) is 5.79. The van der Waals surface area contributed by atoms with Crippen molar-refractivity contribution in [2.45, 2.75) is 52.6 Å². The Morgan fingerprint density at radius 1 is 1.13 bits per heavy atom. The van der Waals surface area contributed by atoms with E-state index >= 15 is 0 Å². The number of rotatable bonds is 11. The molecular formula is C24H31BrN2O3.